The van der Waals surface area contributed by atoms with Crippen molar-refractivity contribution in [1.82, 2.24) is 0 Å². The summed E-state index contributed by atoms with van der Waals surface area (Å²) in [4.78, 5) is 0. The minimum absolute atomic E-state index is 0.540. The number of rotatable bonds is 4. The van der Waals surface area contributed by atoms with Crippen LogP contribution in [0.5, 0.6) is 0 Å². The van der Waals surface area contributed by atoms with E-state index in [-0.39, 0.29) is 0 Å². The van der Waals surface area contributed by atoms with Crippen molar-refractivity contribution < 1.29 is 0 Å². The Bertz CT molecular complexity index is 45.8. The van der Waals surface area contributed by atoms with Crippen LogP contribution in [0.25, 0.3) is 0 Å². The van der Waals surface area contributed by atoms with E-state index < -0.39 is 0 Å². The lowest BCUT2D eigenvalue weighted by molar-refractivity contribution is 0.719. The number of unbranched alkanes of at least 4 members (excludes halogenated alkanes) is 1. The maximum absolute atomic E-state index is 5.46. The van der Waals surface area contributed by atoms with Gasteiger partial charge >= 0.3 is 0 Å². The molecule has 1 unspecified atom stereocenters. The van der Waals surface area contributed by atoms with Crippen LogP contribution in [0.4, 0.5) is 0 Å². The van der Waals surface area contributed by atoms with Crippen LogP contribution in [0.2, 0.25) is 0 Å². The lowest BCUT2D eigenvalue weighted by Crippen LogP contribution is -1.89. The summed E-state index contributed by atoms with van der Waals surface area (Å²) in [6, 6.07) is 0. The predicted molar refractivity (Wildman–Crippen MR) is 43.0 cm³/mol. The van der Waals surface area contributed by atoms with E-state index in [4.69, 9.17) is 11.6 Å². The van der Waals surface area contributed by atoms with Crippen molar-refractivity contribution in [2.24, 2.45) is 0 Å². The lowest BCUT2D eigenvalue weighted by Gasteiger charge is -1.99. The Labute approximate surface area is 62.0 Å². The molecule has 2 heteroatoms. The third-order valence-electron chi connectivity index (χ3n) is 1.01. The first-order valence-corrected chi connectivity index (χ1v) is 4.06. The molecule has 0 aliphatic carbocycles. The third kappa shape index (κ3) is 6.64. The molecule has 50 valence electrons. The van der Waals surface area contributed by atoms with Gasteiger partial charge in [0.1, 0.15) is 0 Å². The van der Waals surface area contributed by atoms with Gasteiger partial charge in [-0.1, -0.05) is 13.3 Å². The highest BCUT2D eigenvalue weighted by atomic mass is 35.5. The minimum atomic E-state index is 0.540. The quantitative estimate of drug-likeness (QED) is 0.358. The van der Waals surface area contributed by atoms with Crippen molar-refractivity contribution in [2.75, 3.05) is 5.88 Å². The van der Waals surface area contributed by atoms with E-state index in [9.17, 15) is 0 Å². The second-order valence-electron chi connectivity index (χ2n) is 2.03. The van der Waals surface area contributed by atoms with E-state index in [0.717, 1.165) is 12.3 Å². The van der Waals surface area contributed by atoms with E-state index in [0.29, 0.717) is 5.25 Å². The van der Waals surface area contributed by atoms with E-state index >= 15 is 0 Å². The molecule has 0 bridgehead atoms. The molecule has 0 amide bonds. The molecule has 0 fully saturated rings. The normalized spacial score (nSPS) is 13.9. The molecular weight excluding hydrogens is 140 g/mol. The first kappa shape index (κ1) is 8.64. The van der Waals surface area contributed by atoms with Crippen LogP contribution in [0.3, 0.4) is 0 Å². The highest BCUT2D eigenvalue weighted by Gasteiger charge is 1.91. The molecule has 0 saturated carbocycles. The Morgan fingerprint density at radius 1 is 1.50 bits per heavy atom. The lowest BCUT2D eigenvalue weighted by atomic mass is 10.2. The van der Waals surface area contributed by atoms with Gasteiger partial charge in [-0.3, -0.25) is 0 Å². The summed E-state index contributed by atoms with van der Waals surface area (Å²) < 4.78 is 0. The number of thiol groups is 1. The maximum Gasteiger partial charge on any atom is 0.0223 e. The fourth-order valence-electron chi connectivity index (χ4n) is 0.534. The molecule has 0 saturated heterocycles. The van der Waals surface area contributed by atoms with Gasteiger partial charge < -0.3 is 0 Å². The predicted octanol–water partition coefficient (Wildman–Crippen LogP) is 2.71. The summed E-state index contributed by atoms with van der Waals surface area (Å²) in [6.45, 7) is 2.11. The summed E-state index contributed by atoms with van der Waals surface area (Å²) in [5, 5.41) is 0.540. The first-order chi connectivity index (χ1) is 3.77. The zero-order valence-corrected chi connectivity index (χ0v) is 6.88. The molecule has 0 rings (SSSR count). The number of alkyl halides is 1. The van der Waals surface area contributed by atoms with Crippen molar-refractivity contribution in [3.63, 3.8) is 0 Å². The SMILES string of the molecule is CC(S)CCCCCl. The molecule has 0 aromatic heterocycles. The van der Waals surface area contributed by atoms with Gasteiger partial charge in [-0.2, -0.15) is 12.6 Å². The highest BCUT2D eigenvalue weighted by molar-refractivity contribution is 7.80. The molecule has 1 atom stereocenters. The molecule has 0 aliphatic heterocycles. The summed E-state index contributed by atoms with van der Waals surface area (Å²) in [7, 11) is 0. The summed E-state index contributed by atoms with van der Waals surface area (Å²) >= 11 is 9.69. The Hall–Kier alpha value is 0.640. The standard InChI is InChI=1S/C6H13ClS/c1-6(8)4-2-3-5-7/h6,8H,2-5H2,1H3. The number of halogens is 1. The highest BCUT2D eigenvalue weighted by Crippen LogP contribution is 2.05. The van der Waals surface area contributed by atoms with Gasteiger partial charge in [-0.05, 0) is 18.1 Å². The molecule has 0 aromatic carbocycles. The second-order valence-corrected chi connectivity index (χ2v) is 3.29. The van der Waals surface area contributed by atoms with Crippen molar-refractivity contribution in [3.05, 3.63) is 0 Å². The Morgan fingerprint density at radius 3 is 2.50 bits per heavy atom. The molecule has 0 radical (unpaired) electrons. The van der Waals surface area contributed by atoms with Gasteiger partial charge in [0.2, 0.25) is 0 Å². The smallest absolute Gasteiger partial charge is 0.0223 e. The van der Waals surface area contributed by atoms with Crippen LogP contribution < -0.4 is 0 Å². The Balaban J connectivity index is 2.72. The van der Waals surface area contributed by atoms with Crippen LogP contribution in [-0.2, 0) is 0 Å². The van der Waals surface area contributed by atoms with Gasteiger partial charge in [-0.25, -0.2) is 0 Å². The van der Waals surface area contributed by atoms with E-state index in [1.165, 1.54) is 12.8 Å². The van der Waals surface area contributed by atoms with Crippen LogP contribution >= 0.6 is 24.2 Å². The van der Waals surface area contributed by atoms with E-state index in [1.54, 1.807) is 0 Å². The first-order valence-electron chi connectivity index (χ1n) is 3.01. The van der Waals surface area contributed by atoms with Gasteiger partial charge in [0.15, 0.2) is 0 Å². The van der Waals surface area contributed by atoms with Gasteiger partial charge in [-0.15, -0.1) is 11.6 Å². The van der Waals surface area contributed by atoms with Crippen molar-refractivity contribution in [1.29, 1.82) is 0 Å². The zero-order chi connectivity index (χ0) is 6.41. The molecule has 0 aromatic rings. The van der Waals surface area contributed by atoms with Crippen LogP contribution in [0.15, 0.2) is 0 Å². The summed E-state index contributed by atoms with van der Waals surface area (Å²) in [6.07, 6.45) is 3.54. The molecule has 0 spiro atoms. The molecule has 0 nitrogen and oxygen atoms in total. The summed E-state index contributed by atoms with van der Waals surface area (Å²) in [5.41, 5.74) is 0. The fraction of sp³-hybridized carbons (Fsp3) is 1.00. The van der Waals surface area contributed by atoms with E-state index in [2.05, 4.69) is 19.6 Å². The molecular formula is C6H13ClS. The van der Waals surface area contributed by atoms with Crippen LogP contribution in [0.1, 0.15) is 26.2 Å². The van der Waals surface area contributed by atoms with Gasteiger partial charge in [0.05, 0.1) is 0 Å². The van der Waals surface area contributed by atoms with Crippen LogP contribution in [-0.4, -0.2) is 11.1 Å². The minimum Gasteiger partial charge on any atom is -0.176 e. The number of hydrogen-bond donors (Lipinski definition) is 1. The van der Waals surface area contributed by atoms with E-state index in [1.807, 2.05) is 0 Å². The average Bonchev–Trinajstić information content (AvgIpc) is 1.66. The Morgan fingerprint density at radius 2 is 2.12 bits per heavy atom. The molecule has 0 aliphatic rings. The zero-order valence-electron chi connectivity index (χ0n) is 5.23. The van der Waals surface area contributed by atoms with Crippen molar-refractivity contribution in [2.45, 2.75) is 31.4 Å². The fourth-order valence-corrected chi connectivity index (χ4v) is 0.906. The second kappa shape index (κ2) is 5.77. The Kier molecular flexibility index (Phi) is 6.23. The van der Waals surface area contributed by atoms with Crippen molar-refractivity contribution in [3.8, 4) is 0 Å². The largest absolute Gasteiger partial charge is 0.176 e. The summed E-state index contributed by atoms with van der Waals surface area (Å²) in [5.74, 6) is 0.792. The average molecular weight is 153 g/mol. The van der Waals surface area contributed by atoms with Crippen molar-refractivity contribution >= 4 is 24.2 Å². The topological polar surface area (TPSA) is 0 Å². The third-order valence-corrected chi connectivity index (χ3v) is 1.53. The van der Waals surface area contributed by atoms with Crippen LogP contribution in [0, 0.1) is 0 Å². The molecule has 0 heterocycles. The maximum atomic E-state index is 5.46. The molecule has 8 heavy (non-hydrogen) atoms. The van der Waals surface area contributed by atoms with Gasteiger partial charge in [0.25, 0.3) is 0 Å². The van der Waals surface area contributed by atoms with Gasteiger partial charge in [0, 0.05) is 5.88 Å². The number of hydrogen-bond acceptors (Lipinski definition) is 1. The molecule has 0 N–H and O–H groups in total. The monoisotopic (exact) mass is 152 g/mol.